The van der Waals surface area contributed by atoms with Gasteiger partial charge in [-0.05, 0) is 51.7 Å². The van der Waals surface area contributed by atoms with E-state index >= 15 is 0 Å². The van der Waals surface area contributed by atoms with Gasteiger partial charge in [-0.2, -0.15) is 0 Å². The number of fused-ring (bicyclic) bond motifs is 1. The minimum absolute atomic E-state index is 0.157. The van der Waals surface area contributed by atoms with Crippen molar-refractivity contribution in [3.05, 3.63) is 35.2 Å². The quantitative estimate of drug-likeness (QED) is 0.568. The number of aromatic nitrogens is 2. The van der Waals surface area contributed by atoms with Crippen LogP contribution in [-0.4, -0.2) is 58.7 Å². The van der Waals surface area contributed by atoms with Crippen LogP contribution in [0.1, 0.15) is 39.5 Å². The maximum atomic E-state index is 10.3. The Labute approximate surface area is 193 Å². The summed E-state index contributed by atoms with van der Waals surface area (Å²) in [5.41, 5.74) is 8.40. The summed E-state index contributed by atoms with van der Waals surface area (Å²) in [5.74, 6) is 0.440. The fraction of sp³-hybridized carbons (Fsp3) is 0.522. The molecule has 1 saturated heterocycles. The molecule has 2 heterocycles. The highest BCUT2D eigenvalue weighted by Gasteiger charge is 2.31. The second kappa shape index (κ2) is 9.21. The van der Waals surface area contributed by atoms with Gasteiger partial charge in [0.25, 0.3) is 0 Å². The fourth-order valence-corrected chi connectivity index (χ4v) is 4.43. The van der Waals surface area contributed by atoms with E-state index in [1.807, 2.05) is 26.0 Å². The van der Waals surface area contributed by atoms with Crippen LogP contribution in [0.4, 0.5) is 11.6 Å². The molecule has 2 aliphatic rings. The van der Waals surface area contributed by atoms with Crippen molar-refractivity contribution in [1.29, 1.82) is 0 Å². The van der Waals surface area contributed by atoms with Gasteiger partial charge >= 0.3 is 0 Å². The molecule has 2 unspecified atom stereocenters. The van der Waals surface area contributed by atoms with E-state index in [1.54, 1.807) is 13.3 Å². The number of hydrogen-bond donors (Lipinski definition) is 3. The summed E-state index contributed by atoms with van der Waals surface area (Å²) in [7, 11) is 1.72. The molecule has 4 rings (SSSR count). The van der Waals surface area contributed by atoms with Crippen LogP contribution in [0.25, 0.3) is 10.9 Å². The van der Waals surface area contributed by atoms with Crippen LogP contribution in [0, 0.1) is 0 Å². The fourth-order valence-electron chi connectivity index (χ4n) is 4.14. The number of ether oxygens (including phenoxy) is 1. The smallest absolute Gasteiger partial charge is 0.227 e. The van der Waals surface area contributed by atoms with Crippen LogP contribution in [-0.2, 0) is 4.74 Å². The number of benzene rings is 1. The normalized spacial score (nSPS) is 23.8. The van der Waals surface area contributed by atoms with Gasteiger partial charge in [-0.25, -0.2) is 9.97 Å². The number of allylic oxidation sites excluding steroid dienone is 1. The lowest BCUT2D eigenvalue weighted by atomic mass is 9.89. The van der Waals surface area contributed by atoms with Crippen molar-refractivity contribution in [3.8, 4) is 0 Å². The third kappa shape index (κ3) is 4.82. The lowest BCUT2D eigenvalue weighted by molar-refractivity contribution is 0.0222. The van der Waals surface area contributed by atoms with Gasteiger partial charge in [0.15, 0.2) is 0 Å². The summed E-state index contributed by atoms with van der Waals surface area (Å²) in [6.07, 6.45) is 6.84. The van der Waals surface area contributed by atoms with E-state index in [2.05, 4.69) is 20.2 Å². The Morgan fingerprint density at radius 1 is 1.38 bits per heavy atom. The summed E-state index contributed by atoms with van der Waals surface area (Å²) >= 11 is 6.56. The molecule has 0 radical (unpaired) electrons. The first-order chi connectivity index (χ1) is 15.3. The Balaban J connectivity index is 1.54. The van der Waals surface area contributed by atoms with Gasteiger partial charge in [0, 0.05) is 38.0 Å². The van der Waals surface area contributed by atoms with Gasteiger partial charge in [-0.3, -0.25) is 4.99 Å². The predicted molar refractivity (Wildman–Crippen MR) is 129 cm³/mol. The Bertz CT molecular complexity index is 1040. The van der Waals surface area contributed by atoms with E-state index in [0.717, 1.165) is 48.2 Å². The summed E-state index contributed by atoms with van der Waals surface area (Å²) in [5, 5.41) is 15.0. The molecule has 1 aliphatic heterocycles. The van der Waals surface area contributed by atoms with Gasteiger partial charge in [0.2, 0.25) is 5.95 Å². The zero-order chi connectivity index (χ0) is 22.9. The topological polar surface area (TPSA) is 109 Å². The second-order valence-corrected chi connectivity index (χ2v) is 9.29. The number of nitrogens with two attached hydrogens (primary N) is 1. The first-order valence-corrected chi connectivity index (χ1v) is 11.4. The number of aliphatic imine (C=N–C) groups is 1. The molecule has 2 aromatic rings. The SMILES string of the molecule is COC1CCC1N=C(C)/C(=C\N)Nc1ncc2cc(Cl)c(N3CCC(C)(O)CC3)cc2n1. The molecule has 4 N–H and O–H groups in total. The number of methoxy groups -OCH3 is 1. The molecule has 32 heavy (non-hydrogen) atoms. The molecule has 1 aromatic heterocycles. The second-order valence-electron chi connectivity index (χ2n) is 8.88. The van der Waals surface area contributed by atoms with Crippen LogP contribution < -0.4 is 16.0 Å². The first kappa shape index (κ1) is 22.8. The van der Waals surface area contributed by atoms with Crippen molar-refractivity contribution >= 4 is 39.9 Å². The van der Waals surface area contributed by atoms with E-state index in [9.17, 15) is 5.11 Å². The molecular formula is C23H31ClN6O2. The number of aliphatic hydroxyl groups is 1. The van der Waals surface area contributed by atoms with Gasteiger partial charge in [-0.15, -0.1) is 0 Å². The lowest BCUT2D eigenvalue weighted by Crippen LogP contribution is -2.42. The average Bonchev–Trinajstić information content (AvgIpc) is 2.75. The highest BCUT2D eigenvalue weighted by Crippen LogP contribution is 2.34. The molecule has 9 heteroatoms. The van der Waals surface area contributed by atoms with Crippen LogP contribution in [0.2, 0.25) is 5.02 Å². The van der Waals surface area contributed by atoms with Crippen LogP contribution in [0.15, 0.2) is 35.2 Å². The van der Waals surface area contributed by atoms with Crippen LogP contribution in [0.3, 0.4) is 0 Å². The molecule has 2 atom stereocenters. The van der Waals surface area contributed by atoms with Crippen molar-refractivity contribution < 1.29 is 9.84 Å². The molecule has 1 aliphatic carbocycles. The van der Waals surface area contributed by atoms with Gasteiger partial charge in [0.1, 0.15) is 0 Å². The maximum Gasteiger partial charge on any atom is 0.227 e. The van der Waals surface area contributed by atoms with Crippen molar-refractivity contribution in [2.24, 2.45) is 10.7 Å². The number of anilines is 2. The monoisotopic (exact) mass is 458 g/mol. The molecule has 8 nitrogen and oxygen atoms in total. The van der Waals surface area contributed by atoms with Crippen molar-refractivity contribution in [1.82, 2.24) is 9.97 Å². The minimum Gasteiger partial charge on any atom is -0.403 e. The molecule has 1 saturated carbocycles. The minimum atomic E-state index is -0.619. The van der Waals surface area contributed by atoms with Gasteiger partial charge in [0.05, 0.1) is 45.4 Å². The summed E-state index contributed by atoms with van der Waals surface area (Å²) < 4.78 is 5.43. The predicted octanol–water partition coefficient (Wildman–Crippen LogP) is 3.48. The van der Waals surface area contributed by atoms with Crippen LogP contribution in [0.5, 0.6) is 0 Å². The van der Waals surface area contributed by atoms with E-state index in [1.165, 1.54) is 6.20 Å². The van der Waals surface area contributed by atoms with Crippen molar-refractivity contribution in [3.63, 3.8) is 0 Å². The van der Waals surface area contributed by atoms with Gasteiger partial charge in [-0.1, -0.05) is 11.6 Å². The molecule has 1 aromatic carbocycles. The van der Waals surface area contributed by atoms with E-state index in [4.69, 9.17) is 27.1 Å². The van der Waals surface area contributed by atoms with Crippen LogP contribution >= 0.6 is 11.6 Å². The number of nitrogens with zero attached hydrogens (tertiary/aromatic N) is 4. The molecule has 0 amide bonds. The summed E-state index contributed by atoms with van der Waals surface area (Å²) in [4.78, 5) is 16.0. The number of hydrogen-bond acceptors (Lipinski definition) is 8. The number of piperidine rings is 1. The van der Waals surface area contributed by atoms with E-state index < -0.39 is 5.60 Å². The van der Waals surface area contributed by atoms with E-state index in [0.29, 0.717) is 29.5 Å². The Kier molecular flexibility index (Phi) is 6.55. The molecule has 0 spiro atoms. The summed E-state index contributed by atoms with van der Waals surface area (Å²) in [6.45, 7) is 5.29. The third-order valence-electron chi connectivity index (χ3n) is 6.47. The Hall–Kier alpha value is -2.42. The third-order valence-corrected chi connectivity index (χ3v) is 6.77. The summed E-state index contributed by atoms with van der Waals surface area (Å²) in [6, 6.07) is 4.02. The lowest BCUT2D eigenvalue weighted by Gasteiger charge is -2.37. The number of halogens is 1. The standard InChI is InChI=1S/C23H31ClN6O2/c1-14(27-17-4-5-21(17)32-3)19(12-25)29-22-26-13-15-10-16(24)20(11-18(15)28-22)30-8-6-23(2,31)7-9-30/h10-13,17,21,31H,4-9,25H2,1-3H3,(H,26,28,29)/b19-12+,27-14?. The zero-order valence-electron chi connectivity index (χ0n) is 18.8. The van der Waals surface area contributed by atoms with Crippen molar-refractivity contribution in [2.45, 2.75) is 57.3 Å². The number of rotatable bonds is 6. The van der Waals surface area contributed by atoms with Gasteiger partial charge < -0.3 is 25.8 Å². The molecule has 2 fully saturated rings. The number of nitrogens with one attached hydrogen (secondary N) is 1. The highest BCUT2D eigenvalue weighted by molar-refractivity contribution is 6.34. The zero-order valence-corrected chi connectivity index (χ0v) is 19.6. The Morgan fingerprint density at radius 3 is 2.75 bits per heavy atom. The van der Waals surface area contributed by atoms with E-state index in [-0.39, 0.29) is 12.1 Å². The first-order valence-electron chi connectivity index (χ1n) is 11.0. The average molecular weight is 459 g/mol. The van der Waals surface area contributed by atoms with Crippen molar-refractivity contribution in [2.75, 3.05) is 30.4 Å². The Morgan fingerprint density at radius 2 is 2.12 bits per heavy atom. The maximum absolute atomic E-state index is 10.3. The highest BCUT2D eigenvalue weighted by atomic mass is 35.5. The molecular weight excluding hydrogens is 428 g/mol. The molecule has 172 valence electrons. The molecule has 0 bridgehead atoms. The largest absolute Gasteiger partial charge is 0.403 e.